The Morgan fingerprint density at radius 2 is 2.00 bits per heavy atom. The Labute approximate surface area is 180 Å². The van der Waals surface area contributed by atoms with Gasteiger partial charge >= 0.3 is 5.97 Å². The summed E-state index contributed by atoms with van der Waals surface area (Å²) in [6.07, 6.45) is 1.44. The van der Waals surface area contributed by atoms with E-state index in [9.17, 15) is 19.7 Å². The zero-order chi connectivity index (χ0) is 21.8. The number of hydrogen-bond acceptors (Lipinski definition) is 7. The molecule has 1 aliphatic rings. The maximum atomic E-state index is 12.2. The van der Waals surface area contributed by atoms with E-state index in [4.69, 9.17) is 37.4 Å². The fourth-order valence-corrected chi connectivity index (χ4v) is 2.96. The van der Waals surface area contributed by atoms with Gasteiger partial charge in [-0.2, -0.15) is 0 Å². The van der Waals surface area contributed by atoms with E-state index in [-0.39, 0.29) is 23.2 Å². The van der Waals surface area contributed by atoms with Gasteiger partial charge in [0.25, 0.3) is 11.6 Å². The van der Waals surface area contributed by atoms with Crippen LogP contribution in [0.25, 0.3) is 6.08 Å². The number of amides is 1. The molecule has 1 heterocycles. The monoisotopic (exact) mass is 452 g/mol. The van der Waals surface area contributed by atoms with E-state index in [1.54, 1.807) is 12.1 Å². The molecule has 156 valence electrons. The zero-order valence-electron chi connectivity index (χ0n) is 15.4. The number of halogens is 2. The van der Waals surface area contributed by atoms with Gasteiger partial charge < -0.3 is 19.5 Å². The lowest BCUT2D eigenvalue weighted by atomic mass is 10.2. The van der Waals surface area contributed by atoms with E-state index in [1.165, 1.54) is 25.1 Å². The molecule has 30 heavy (non-hydrogen) atoms. The molecule has 1 aliphatic heterocycles. The highest BCUT2D eigenvalue weighted by molar-refractivity contribution is 6.34. The van der Waals surface area contributed by atoms with Crippen LogP contribution < -0.4 is 14.8 Å². The zero-order valence-corrected chi connectivity index (χ0v) is 16.9. The lowest BCUT2D eigenvalue weighted by Gasteiger charge is -2.13. The average molecular weight is 453 g/mol. The van der Waals surface area contributed by atoms with Crippen molar-refractivity contribution in [1.82, 2.24) is 0 Å². The van der Waals surface area contributed by atoms with Crippen molar-refractivity contribution < 1.29 is 28.7 Å². The molecule has 0 radical (unpaired) electrons. The van der Waals surface area contributed by atoms with Gasteiger partial charge in [0, 0.05) is 18.2 Å². The molecule has 0 spiro atoms. The minimum Gasteiger partial charge on any atom is -0.454 e. The van der Waals surface area contributed by atoms with Gasteiger partial charge in [-0.15, -0.1) is 0 Å². The predicted octanol–water partition coefficient (Wildman–Crippen LogP) is 4.21. The van der Waals surface area contributed by atoms with Crippen molar-refractivity contribution >= 4 is 52.5 Å². The fourth-order valence-electron chi connectivity index (χ4n) is 2.47. The average Bonchev–Trinajstić information content (AvgIpc) is 3.17. The molecule has 3 rings (SSSR count). The summed E-state index contributed by atoms with van der Waals surface area (Å²) < 4.78 is 15.5. The van der Waals surface area contributed by atoms with Crippen molar-refractivity contribution in [2.75, 3.05) is 12.1 Å². The summed E-state index contributed by atoms with van der Waals surface area (Å²) in [6, 6.07) is 6.82. The summed E-state index contributed by atoms with van der Waals surface area (Å²) in [5, 5.41) is 13.5. The van der Waals surface area contributed by atoms with Crippen LogP contribution in [-0.2, 0) is 14.3 Å². The summed E-state index contributed by atoms with van der Waals surface area (Å²) in [6.45, 7) is 1.44. The first-order valence-electron chi connectivity index (χ1n) is 8.47. The van der Waals surface area contributed by atoms with Crippen LogP contribution in [0.3, 0.4) is 0 Å². The standard InChI is InChI=1S/C19H14Cl2N2O7/c1-10(19(25)22-15-4-3-12(23(26)27)8-13(15)20)30-17(24)5-2-11-6-14(21)18-16(7-11)28-9-29-18/h2-8,10H,9H2,1H3,(H,22,25)/b5-2+/t10-/m0/s1. The summed E-state index contributed by atoms with van der Waals surface area (Å²) in [5.74, 6) is -0.519. The summed E-state index contributed by atoms with van der Waals surface area (Å²) in [4.78, 5) is 34.3. The van der Waals surface area contributed by atoms with Crippen LogP contribution in [0.2, 0.25) is 10.0 Å². The molecule has 0 unspecified atom stereocenters. The van der Waals surface area contributed by atoms with Gasteiger partial charge in [0.15, 0.2) is 17.6 Å². The predicted molar refractivity (Wildman–Crippen MR) is 109 cm³/mol. The molecular formula is C19H14Cl2N2O7. The number of hydrogen-bond donors (Lipinski definition) is 1. The third-order valence-corrected chi connectivity index (χ3v) is 4.54. The minimum atomic E-state index is -1.14. The molecule has 0 aliphatic carbocycles. The number of fused-ring (bicyclic) bond motifs is 1. The van der Waals surface area contributed by atoms with Crippen molar-refractivity contribution in [3.05, 3.63) is 62.1 Å². The Morgan fingerprint density at radius 1 is 1.23 bits per heavy atom. The van der Waals surface area contributed by atoms with Gasteiger partial charge in [-0.25, -0.2) is 4.79 Å². The topological polar surface area (TPSA) is 117 Å². The SMILES string of the molecule is C[C@H](OC(=O)/C=C/c1cc(Cl)c2c(c1)OCO2)C(=O)Nc1ccc([N+](=O)[O-])cc1Cl. The molecule has 1 N–H and O–H groups in total. The molecule has 0 bridgehead atoms. The number of benzene rings is 2. The summed E-state index contributed by atoms with van der Waals surface area (Å²) >= 11 is 12.0. The summed E-state index contributed by atoms with van der Waals surface area (Å²) in [5.41, 5.74) is 0.517. The molecule has 9 nitrogen and oxygen atoms in total. The molecule has 1 atom stereocenters. The first-order valence-corrected chi connectivity index (χ1v) is 9.23. The maximum Gasteiger partial charge on any atom is 0.331 e. The number of non-ortho nitro benzene ring substituents is 1. The van der Waals surface area contributed by atoms with Crippen LogP contribution in [-0.4, -0.2) is 29.7 Å². The number of carbonyl (C=O) groups excluding carboxylic acids is 2. The van der Waals surface area contributed by atoms with E-state index in [0.29, 0.717) is 22.1 Å². The number of anilines is 1. The maximum absolute atomic E-state index is 12.2. The highest BCUT2D eigenvalue weighted by Crippen LogP contribution is 2.40. The van der Waals surface area contributed by atoms with Crippen molar-refractivity contribution in [1.29, 1.82) is 0 Å². The molecule has 0 aromatic heterocycles. The fraction of sp³-hybridized carbons (Fsp3) is 0.158. The van der Waals surface area contributed by atoms with E-state index in [0.717, 1.165) is 12.1 Å². The second kappa shape index (κ2) is 9.02. The number of nitrogens with one attached hydrogen (secondary N) is 1. The number of nitrogens with zero attached hydrogens (tertiary/aromatic N) is 1. The number of rotatable bonds is 6. The van der Waals surface area contributed by atoms with Gasteiger partial charge in [0.1, 0.15) is 0 Å². The van der Waals surface area contributed by atoms with Crippen LogP contribution in [0.15, 0.2) is 36.4 Å². The van der Waals surface area contributed by atoms with Crippen molar-refractivity contribution in [2.45, 2.75) is 13.0 Å². The molecule has 2 aromatic carbocycles. The molecule has 0 saturated heterocycles. The largest absolute Gasteiger partial charge is 0.454 e. The van der Waals surface area contributed by atoms with Gasteiger partial charge in [0.05, 0.1) is 20.7 Å². The van der Waals surface area contributed by atoms with Crippen LogP contribution in [0.1, 0.15) is 12.5 Å². The number of esters is 1. The van der Waals surface area contributed by atoms with Gasteiger partial charge in [-0.05, 0) is 36.8 Å². The third-order valence-electron chi connectivity index (χ3n) is 3.94. The molecular weight excluding hydrogens is 439 g/mol. The normalized spacial score (nSPS) is 13.2. The van der Waals surface area contributed by atoms with E-state index < -0.39 is 22.9 Å². The van der Waals surface area contributed by atoms with Crippen molar-refractivity contribution in [3.8, 4) is 11.5 Å². The number of nitro groups is 1. The Bertz CT molecular complexity index is 1060. The smallest absolute Gasteiger partial charge is 0.331 e. The van der Waals surface area contributed by atoms with E-state index in [2.05, 4.69) is 5.32 Å². The Kier molecular flexibility index (Phi) is 6.43. The van der Waals surface area contributed by atoms with Crippen LogP contribution >= 0.6 is 23.2 Å². The summed E-state index contributed by atoms with van der Waals surface area (Å²) in [7, 11) is 0. The molecule has 0 fully saturated rings. The number of ether oxygens (including phenoxy) is 3. The van der Waals surface area contributed by atoms with Crippen molar-refractivity contribution in [3.63, 3.8) is 0 Å². The lowest BCUT2D eigenvalue weighted by Crippen LogP contribution is -2.29. The first-order chi connectivity index (χ1) is 14.2. The molecule has 0 saturated carbocycles. The van der Waals surface area contributed by atoms with E-state index >= 15 is 0 Å². The number of nitro benzene ring substituents is 1. The van der Waals surface area contributed by atoms with Crippen LogP contribution in [0.5, 0.6) is 11.5 Å². The highest BCUT2D eigenvalue weighted by atomic mass is 35.5. The second-order valence-electron chi connectivity index (χ2n) is 6.06. The second-order valence-corrected chi connectivity index (χ2v) is 6.87. The molecule has 1 amide bonds. The highest BCUT2D eigenvalue weighted by Gasteiger charge is 2.20. The molecule has 11 heteroatoms. The molecule has 2 aromatic rings. The minimum absolute atomic E-state index is 0.0179. The Morgan fingerprint density at radius 3 is 2.70 bits per heavy atom. The quantitative estimate of drug-likeness (QED) is 0.301. The number of carbonyl (C=O) groups is 2. The van der Waals surface area contributed by atoms with Gasteiger partial charge in [-0.3, -0.25) is 14.9 Å². The Balaban J connectivity index is 1.59. The first kappa shape index (κ1) is 21.4. The van der Waals surface area contributed by atoms with Crippen LogP contribution in [0.4, 0.5) is 11.4 Å². The van der Waals surface area contributed by atoms with Crippen molar-refractivity contribution in [2.24, 2.45) is 0 Å². The third kappa shape index (κ3) is 5.00. The lowest BCUT2D eigenvalue weighted by molar-refractivity contribution is -0.384. The van der Waals surface area contributed by atoms with Crippen LogP contribution in [0, 0.1) is 10.1 Å². The Hall–Kier alpha value is -3.30. The van der Waals surface area contributed by atoms with Gasteiger partial charge in [0.2, 0.25) is 6.79 Å². The van der Waals surface area contributed by atoms with Gasteiger partial charge in [-0.1, -0.05) is 23.2 Å². The van der Waals surface area contributed by atoms with E-state index in [1.807, 2.05) is 0 Å².